The van der Waals surface area contributed by atoms with E-state index in [1.54, 1.807) is 5.69 Å². The number of aromatic nitrogens is 2. The van der Waals surface area contributed by atoms with E-state index in [0.29, 0.717) is 12.1 Å². The molecule has 1 fully saturated rings. The van der Waals surface area contributed by atoms with Crippen LogP contribution in [0.25, 0.3) is 0 Å². The highest BCUT2D eigenvalue weighted by Crippen LogP contribution is 2.36. The molecule has 0 aromatic carbocycles. The first-order valence-corrected chi connectivity index (χ1v) is 8.61. The van der Waals surface area contributed by atoms with E-state index < -0.39 is 0 Å². The predicted molar refractivity (Wildman–Crippen MR) is 83.0 cm³/mol. The number of nitrogens with one attached hydrogen (secondary N) is 1. The predicted octanol–water partition coefficient (Wildman–Crippen LogP) is 3.49. The van der Waals surface area contributed by atoms with Crippen molar-refractivity contribution in [2.45, 2.75) is 77.3 Å². The highest BCUT2D eigenvalue weighted by atomic mass is 15.1. The quantitative estimate of drug-likeness (QED) is 0.911. The average molecular weight is 275 g/mol. The molecule has 2 aliphatic carbocycles. The largest absolute Gasteiger partial charge is 0.330 e. The van der Waals surface area contributed by atoms with E-state index in [0.717, 1.165) is 12.5 Å². The Kier molecular flexibility index (Phi) is 4.45. The Balaban J connectivity index is 1.85. The highest BCUT2D eigenvalue weighted by molar-refractivity contribution is 5.18. The smallest absolute Gasteiger partial charge is 0.0954 e. The van der Waals surface area contributed by atoms with Crippen LogP contribution in [0.1, 0.15) is 69.8 Å². The van der Waals surface area contributed by atoms with E-state index in [1.165, 1.54) is 57.1 Å². The van der Waals surface area contributed by atoms with E-state index in [2.05, 4.69) is 30.1 Å². The maximum absolute atomic E-state index is 4.71. The third-order valence-corrected chi connectivity index (χ3v) is 5.39. The first-order valence-electron chi connectivity index (χ1n) is 8.61. The van der Waals surface area contributed by atoms with Gasteiger partial charge in [0.2, 0.25) is 0 Å². The minimum Gasteiger partial charge on any atom is -0.330 e. The van der Waals surface area contributed by atoms with E-state index >= 15 is 0 Å². The molecule has 0 aliphatic heterocycles. The second-order valence-corrected chi connectivity index (χ2v) is 6.57. The Labute approximate surface area is 123 Å². The number of nitrogens with zero attached hydrogens (tertiary/aromatic N) is 2. The van der Waals surface area contributed by atoms with Gasteiger partial charge in [0.15, 0.2) is 0 Å². The number of rotatable bonds is 4. The zero-order chi connectivity index (χ0) is 13.9. The molecule has 1 N–H and O–H groups in total. The molecule has 1 aromatic rings. The molecule has 0 bridgehead atoms. The van der Waals surface area contributed by atoms with Gasteiger partial charge >= 0.3 is 0 Å². The summed E-state index contributed by atoms with van der Waals surface area (Å²) >= 11 is 0. The Morgan fingerprint density at radius 3 is 2.90 bits per heavy atom. The van der Waals surface area contributed by atoms with Crippen LogP contribution >= 0.6 is 0 Å². The van der Waals surface area contributed by atoms with Crippen molar-refractivity contribution >= 4 is 0 Å². The summed E-state index contributed by atoms with van der Waals surface area (Å²) < 4.78 is 2.55. The number of fused-ring (bicyclic) bond motifs is 1. The molecule has 1 heterocycles. The third kappa shape index (κ3) is 2.65. The first-order chi connectivity index (χ1) is 9.83. The fourth-order valence-electron chi connectivity index (χ4n) is 4.19. The molecule has 3 nitrogen and oxygen atoms in total. The lowest BCUT2D eigenvalue weighted by molar-refractivity contribution is 0.200. The molecule has 0 radical (unpaired) electrons. The van der Waals surface area contributed by atoms with Crippen LogP contribution in [0.5, 0.6) is 0 Å². The van der Waals surface area contributed by atoms with Crippen LogP contribution in [-0.4, -0.2) is 22.1 Å². The topological polar surface area (TPSA) is 29.9 Å². The van der Waals surface area contributed by atoms with Crippen LogP contribution in [0.2, 0.25) is 0 Å². The molecule has 3 atom stereocenters. The third-order valence-electron chi connectivity index (χ3n) is 5.39. The summed E-state index contributed by atoms with van der Waals surface area (Å²) in [6.45, 7) is 5.65. The van der Waals surface area contributed by atoms with Crippen molar-refractivity contribution in [1.82, 2.24) is 14.9 Å². The van der Waals surface area contributed by atoms with Gasteiger partial charge in [-0.1, -0.05) is 20.3 Å². The van der Waals surface area contributed by atoms with E-state index in [9.17, 15) is 0 Å². The number of likely N-dealkylation sites (N-methyl/N-ethyl adjacent to an activating group) is 1. The molecule has 1 aromatic heterocycles. The average Bonchev–Trinajstić information content (AvgIpc) is 2.92. The van der Waals surface area contributed by atoms with E-state index in [1.807, 2.05) is 0 Å². The lowest BCUT2D eigenvalue weighted by Gasteiger charge is -2.38. The second-order valence-electron chi connectivity index (χ2n) is 6.57. The van der Waals surface area contributed by atoms with Crippen LogP contribution in [0.3, 0.4) is 0 Å². The summed E-state index contributed by atoms with van der Waals surface area (Å²) in [5.41, 5.74) is 2.92. The highest BCUT2D eigenvalue weighted by Gasteiger charge is 2.32. The Morgan fingerprint density at radius 1 is 1.25 bits per heavy atom. The van der Waals surface area contributed by atoms with Crippen LogP contribution in [0, 0.1) is 5.92 Å². The summed E-state index contributed by atoms with van der Waals surface area (Å²) in [5.74, 6) is 0.900. The second kappa shape index (κ2) is 6.30. The molecule has 0 spiro atoms. The number of aryl methyl sites for hydroxylation is 1. The lowest BCUT2D eigenvalue weighted by Crippen LogP contribution is -2.42. The molecular weight excluding hydrogens is 246 g/mol. The van der Waals surface area contributed by atoms with Gasteiger partial charge in [0, 0.05) is 11.7 Å². The molecule has 3 rings (SSSR count). The van der Waals surface area contributed by atoms with Gasteiger partial charge in [-0.25, -0.2) is 4.98 Å². The Hall–Kier alpha value is -0.830. The van der Waals surface area contributed by atoms with Crippen molar-refractivity contribution in [3.8, 4) is 0 Å². The zero-order valence-corrected chi connectivity index (χ0v) is 13.1. The molecule has 0 saturated heterocycles. The van der Waals surface area contributed by atoms with Gasteiger partial charge < -0.3 is 9.88 Å². The van der Waals surface area contributed by atoms with Crippen LogP contribution in [0.15, 0.2) is 6.33 Å². The van der Waals surface area contributed by atoms with Crippen LogP contribution < -0.4 is 5.32 Å². The SMILES string of the molecule is CCNC1CCC(CC)CC1n1cnc2c1CCCC2. The molecule has 1 saturated carbocycles. The van der Waals surface area contributed by atoms with Crippen LogP contribution in [-0.2, 0) is 12.8 Å². The van der Waals surface area contributed by atoms with Gasteiger partial charge in [0.05, 0.1) is 18.1 Å². The molecule has 0 amide bonds. The number of imidazole rings is 1. The lowest BCUT2D eigenvalue weighted by atomic mass is 9.80. The van der Waals surface area contributed by atoms with E-state index in [-0.39, 0.29) is 0 Å². The molecular formula is C17H29N3. The minimum absolute atomic E-state index is 0.628. The maximum Gasteiger partial charge on any atom is 0.0954 e. The van der Waals surface area contributed by atoms with Crippen molar-refractivity contribution in [2.24, 2.45) is 5.92 Å². The van der Waals surface area contributed by atoms with Crippen molar-refractivity contribution in [3.05, 3.63) is 17.7 Å². The molecule has 20 heavy (non-hydrogen) atoms. The Bertz CT molecular complexity index is 437. The fourth-order valence-corrected chi connectivity index (χ4v) is 4.19. The molecule has 2 aliphatic rings. The monoisotopic (exact) mass is 275 g/mol. The molecule has 112 valence electrons. The van der Waals surface area contributed by atoms with Crippen molar-refractivity contribution < 1.29 is 0 Å². The Morgan fingerprint density at radius 2 is 2.10 bits per heavy atom. The maximum atomic E-state index is 4.71. The summed E-state index contributed by atoms with van der Waals surface area (Å²) in [6.07, 6.45) is 12.6. The minimum atomic E-state index is 0.628. The van der Waals surface area contributed by atoms with Gasteiger partial charge in [0.25, 0.3) is 0 Å². The molecule has 3 heteroatoms. The standard InChI is InChI=1S/C17H29N3/c1-3-13-9-10-15(18-4-2)17(11-13)20-12-19-14-7-5-6-8-16(14)20/h12-13,15,17-18H,3-11H2,1-2H3. The fraction of sp³-hybridized carbons (Fsp3) is 0.824. The van der Waals surface area contributed by atoms with Crippen LogP contribution in [0.4, 0.5) is 0 Å². The number of hydrogen-bond donors (Lipinski definition) is 1. The van der Waals surface area contributed by atoms with Crippen molar-refractivity contribution in [3.63, 3.8) is 0 Å². The summed E-state index contributed by atoms with van der Waals surface area (Å²) in [5, 5.41) is 3.73. The first kappa shape index (κ1) is 14.1. The summed E-state index contributed by atoms with van der Waals surface area (Å²) in [7, 11) is 0. The number of hydrogen-bond acceptors (Lipinski definition) is 2. The van der Waals surface area contributed by atoms with E-state index in [4.69, 9.17) is 4.98 Å². The van der Waals surface area contributed by atoms with Gasteiger partial charge in [-0.15, -0.1) is 0 Å². The van der Waals surface area contributed by atoms with Gasteiger partial charge in [-0.3, -0.25) is 0 Å². The molecule has 3 unspecified atom stereocenters. The van der Waals surface area contributed by atoms with Crippen molar-refractivity contribution in [2.75, 3.05) is 6.54 Å². The van der Waals surface area contributed by atoms with Gasteiger partial charge in [0.1, 0.15) is 0 Å². The summed E-state index contributed by atoms with van der Waals surface area (Å²) in [6, 6.07) is 1.27. The van der Waals surface area contributed by atoms with Crippen molar-refractivity contribution in [1.29, 1.82) is 0 Å². The zero-order valence-electron chi connectivity index (χ0n) is 13.1. The van der Waals surface area contributed by atoms with Gasteiger partial charge in [-0.05, 0) is 57.4 Å². The normalized spacial score (nSPS) is 30.2. The summed E-state index contributed by atoms with van der Waals surface area (Å²) in [4.78, 5) is 4.71. The van der Waals surface area contributed by atoms with Gasteiger partial charge in [-0.2, -0.15) is 0 Å².